The standard InChI is InChI=1S/C13H24N2O/c1-9-3-2-4-10(7-9)11-5-6-15-12(8-11)13(14)16/h9-12,15H,2-8H2,1H3,(H2,14,16). The van der Waals surface area contributed by atoms with E-state index < -0.39 is 0 Å². The quantitative estimate of drug-likeness (QED) is 0.749. The van der Waals surface area contributed by atoms with Crippen LogP contribution in [0.15, 0.2) is 0 Å². The molecule has 2 rings (SSSR count). The molecule has 1 saturated heterocycles. The van der Waals surface area contributed by atoms with Crippen molar-refractivity contribution in [3.8, 4) is 0 Å². The van der Waals surface area contributed by atoms with Gasteiger partial charge in [0.05, 0.1) is 6.04 Å². The van der Waals surface area contributed by atoms with Crippen molar-refractivity contribution in [3.05, 3.63) is 0 Å². The largest absolute Gasteiger partial charge is 0.368 e. The van der Waals surface area contributed by atoms with Crippen molar-refractivity contribution in [2.24, 2.45) is 23.5 Å². The molecule has 0 aromatic carbocycles. The minimum atomic E-state index is -0.173. The third kappa shape index (κ3) is 2.76. The molecule has 0 spiro atoms. The summed E-state index contributed by atoms with van der Waals surface area (Å²) in [6, 6.07) is -0.0732. The van der Waals surface area contributed by atoms with E-state index in [0.717, 1.165) is 30.7 Å². The van der Waals surface area contributed by atoms with Gasteiger partial charge in [0.2, 0.25) is 5.91 Å². The van der Waals surface area contributed by atoms with E-state index in [1.54, 1.807) is 0 Å². The summed E-state index contributed by atoms with van der Waals surface area (Å²) in [4.78, 5) is 11.2. The Bertz CT molecular complexity index is 254. The Balaban J connectivity index is 1.90. The van der Waals surface area contributed by atoms with Crippen molar-refractivity contribution in [2.75, 3.05) is 6.54 Å². The van der Waals surface area contributed by atoms with Gasteiger partial charge >= 0.3 is 0 Å². The molecule has 2 fully saturated rings. The summed E-state index contributed by atoms with van der Waals surface area (Å²) in [6.07, 6.45) is 7.67. The molecule has 92 valence electrons. The summed E-state index contributed by atoms with van der Waals surface area (Å²) in [5.74, 6) is 2.27. The smallest absolute Gasteiger partial charge is 0.234 e. The van der Waals surface area contributed by atoms with Crippen molar-refractivity contribution >= 4 is 5.91 Å². The van der Waals surface area contributed by atoms with Crippen LogP contribution >= 0.6 is 0 Å². The molecule has 1 amide bonds. The number of nitrogens with one attached hydrogen (secondary N) is 1. The van der Waals surface area contributed by atoms with Gasteiger partial charge in [-0.25, -0.2) is 0 Å². The lowest BCUT2D eigenvalue weighted by atomic mass is 9.71. The molecule has 0 bridgehead atoms. The lowest BCUT2D eigenvalue weighted by Crippen LogP contribution is -2.48. The second kappa shape index (κ2) is 5.17. The molecule has 2 aliphatic rings. The van der Waals surface area contributed by atoms with Crippen LogP contribution in [0.2, 0.25) is 0 Å². The predicted molar refractivity (Wildman–Crippen MR) is 64.8 cm³/mol. The van der Waals surface area contributed by atoms with E-state index in [4.69, 9.17) is 5.73 Å². The fraction of sp³-hybridized carbons (Fsp3) is 0.923. The monoisotopic (exact) mass is 224 g/mol. The maximum Gasteiger partial charge on any atom is 0.234 e. The fourth-order valence-corrected chi connectivity index (χ4v) is 3.50. The van der Waals surface area contributed by atoms with Crippen LogP contribution < -0.4 is 11.1 Å². The lowest BCUT2D eigenvalue weighted by molar-refractivity contribution is -0.121. The predicted octanol–water partition coefficient (Wildman–Crippen LogP) is 1.67. The summed E-state index contributed by atoms with van der Waals surface area (Å²) in [6.45, 7) is 3.32. The normalized spacial score (nSPS) is 40.6. The number of amides is 1. The molecule has 0 radical (unpaired) electrons. The third-order valence-corrected chi connectivity index (χ3v) is 4.43. The molecule has 3 N–H and O–H groups in total. The number of hydrogen-bond acceptors (Lipinski definition) is 2. The molecule has 1 saturated carbocycles. The maximum atomic E-state index is 11.2. The zero-order valence-electron chi connectivity index (χ0n) is 10.2. The first-order valence-electron chi connectivity index (χ1n) is 6.69. The van der Waals surface area contributed by atoms with Crippen molar-refractivity contribution in [1.82, 2.24) is 5.32 Å². The highest BCUT2D eigenvalue weighted by molar-refractivity contribution is 5.79. The van der Waals surface area contributed by atoms with Crippen LogP contribution in [-0.2, 0) is 4.79 Å². The molecular weight excluding hydrogens is 200 g/mol. The molecule has 16 heavy (non-hydrogen) atoms. The lowest BCUT2D eigenvalue weighted by Gasteiger charge is -2.37. The number of carbonyl (C=O) groups is 1. The van der Waals surface area contributed by atoms with E-state index in [-0.39, 0.29) is 11.9 Å². The van der Waals surface area contributed by atoms with Gasteiger partial charge in [0.1, 0.15) is 0 Å². The summed E-state index contributed by atoms with van der Waals surface area (Å²) in [5, 5.41) is 3.22. The van der Waals surface area contributed by atoms with Crippen molar-refractivity contribution in [1.29, 1.82) is 0 Å². The zero-order chi connectivity index (χ0) is 11.5. The van der Waals surface area contributed by atoms with Gasteiger partial charge in [-0.05, 0) is 43.6 Å². The molecule has 1 aliphatic heterocycles. The van der Waals surface area contributed by atoms with Gasteiger partial charge in [-0.2, -0.15) is 0 Å². The van der Waals surface area contributed by atoms with Gasteiger partial charge in [0.25, 0.3) is 0 Å². The fourth-order valence-electron chi connectivity index (χ4n) is 3.50. The summed E-state index contributed by atoms with van der Waals surface area (Å²) in [7, 11) is 0. The van der Waals surface area contributed by atoms with Gasteiger partial charge in [-0.3, -0.25) is 4.79 Å². The SMILES string of the molecule is CC1CCCC(C2CCNC(C(N)=O)C2)C1. The van der Waals surface area contributed by atoms with Crippen LogP contribution in [0.3, 0.4) is 0 Å². The number of carbonyl (C=O) groups excluding carboxylic acids is 1. The molecular formula is C13H24N2O. The average molecular weight is 224 g/mol. The maximum absolute atomic E-state index is 11.2. The van der Waals surface area contributed by atoms with E-state index in [9.17, 15) is 4.79 Å². The Kier molecular flexibility index (Phi) is 3.85. The van der Waals surface area contributed by atoms with Crippen LogP contribution in [-0.4, -0.2) is 18.5 Å². The molecule has 0 aromatic rings. The van der Waals surface area contributed by atoms with Crippen LogP contribution in [0.25, 0.3) is 0 Å². The van der Waals surface area contributed by atoms with Crippen LogP contribution in [0, 0.1) is 17.8 Å². The molecule has 0 aromatic heterocycles. The highest BCUT2D eigenvalue weighted by Crippen LogP contribution is 2.37. The average Bonchev–Trinajstić information content (AvgIpc) is 2.29. The van der Waals surface area contributed by atoms with Crippen molar-refractivity contribution in [3.63, 3.8) is 0 Å². The second-order valence-corrected chi connectivity index (χ2v) is 5.73. The van der Waals surface area contributed by atoms with E-state index in [1.165, 1.54) is 32.1 Å². The Morgan fingerprint density at radius 3 is 2.62 bits per heavy atom. The van der Waals surface area contributed by atoms with Gasteiger partial charge in [0, 0.05) is 0 Å². The number of hydrogen-bond donors (Lipinski definition) is 2. The zero-order valence-corrected chi connectivity index (χ0v) is 10.2. The third-order valence-electron chi connectivity index (χ3n) is 4.43. The molecule has 4 unspecified atom stereocenters. The minimum absolute atomic E-state index is 0.0732. The van der Waals surface area contributed by atoms with E-state index >= 15 is 0 Å². The molecule has 3 nitrogen and oxygen atoms in total. The Morgan fingerprint density at radius 2 is 1.94 bits per heavy atom. The topological polar surface area (TPSA) is 55.1 Å². The Labute approximate surface area is 98.2 Å². The van der Waals surface area contributed by atoms with Crippen LogP contribution in [0.1, 0.15) is 45.4 Å². The first-order chi connectivity index (χ1) is 7.66. The number of nitrogens with two attached hydrogens (primary N) is 1. The molecule has 3 heteroatoms. The summed E-state index contributed by atoms with van der Waals surface area (Å²) >= 11 is 0. The number of piperidine rings is 1. The summed E-state index contributed by atoms with van der Waals surface area (Å²) in [5.41, 5.74) is 5.38. The highest BCUT2D eigenvalue weighted by Gasteiger charge is 2.32. The van der Waals surface area contributed by atoms with Gasteiger partial charge in [0.15, 0.2) is 0 Å². The first kappa shape index (κ1) is 11.9. The van der Waals surface area contributed by atoms with E-state index in [2.05, 4.69) is 12.2 Å². The molecule has 1 heterocycles. The molecule has 1 aliphatic carbocycles. The number of rotatable bonds is 2. The van der Waals surface area contributed by atoms with E-state index in [1.807, 2.05) is 0 Å². The van der Waals surface area contributed by atoms with Crippen molar-refractivity contribution in [2.45, 2.75) is 51.5 Å². The summed E-state index contributed by atoms with van der Waals surface area (Å²) < 4.78 is 0. The number of primary amides is 1. The first-order valence-corrected chi connectivity index (χ1v) is 6.69. The Hall–Kier alpha value is -0.570. The van der Waals surface area contributed by atoms with Gasteiger partial charge < -0.3 is 11.1 Å². The van der Waals surface area contributed by atoms with Crippen LogP contribution in [0.4, 0.5) is 0 Å². The van der Waals surface area contributed by atoms with Gasteiger partial charge in [-0.15, -0.1) is 0 Å². The van der Waals surface area contributed by atoms with Crippen LogP contribution in [0.5, 0.6) is 0 Å². The minimum Gasteiger partial charge on any atom is -0.368 e. The second-order valence-electron chi connectivity index (χ2n) is 5.73. The molecule has 4 atom stereocenters. The van der Waals surface area contributed by atoms with E-state index in [0.29, 0.717) is 0 Å². The van der Waals surface area contributed by atoms with Gasteiger partial charge in [-0.1, -0.05) is 26.2 Å². The Morgan fingerprint density at radius 1 is 1.19 bits per heavy atom. The van der Waals surface area contributed by atoms with Crippen molar-refractivity contribution < 1.29 is 4.79 Å². The highest BCUT2D eigenvalue weighted by atomic mass is 16.1.